The van der Waals surface area contributed by atoms with Crippen LogP contribution in [0.1, 0.15) is 37.9 Å². The van der Waals surface area contributed by atoms with E-state index in [-0.39, 0.29) is 6.04 Å². The molecule has 24 heavy (non-hydrogen) atoms. The van der Waals surface area contributed by atoms with Crippen LogP contribution in [-0.2, 0) is 0 Å². The predicted octanol–water partition coefficient (Wildman–Crippen LogP) is 3.40. The van der Waals surface area contributed by atoms with Crippen LogP contribution in [0.3, 0.4) is 0 Å². The maximum atomic E-state index is 11.2. The first-order valence-corrected chi connectivity index (χ1v) is 9.06. The van der Waals surface area contributed by atoms with E-state index in [1.54, 1.807) is 13.3 Å². The predicted molar refractivity (Wildman–Crippen MR) is 95.1 cm³/mol. The molecule has 1 aromatic carbocycles. The van der Waals surface area contributed by atoms with Gasteiger partial charge in [-0.3, -0.25) is 9.88 Å². The molecule has 0 aliphatic carbocycles. The molecule has 2 bridgehead atoms. The number of hydrogen-bond donors (Lipinski definition) is 1. The van der Waals surface area contributed by atoms with E-state index < -0.39 is 6.10 Å². The number of nitrogens with zero attached hydrogens (tertiary/aromatic N) is 2. The van der Waals surface area contributed by atoms with Crippen molar-refractivity contribution in [2.45, 2.75) is 38.3 Å². The van der Waals surface area contributed by atoms with Crippen LogP contribution in [0.15, 0.2) is 30.5 Å². The summed E-state index contributed by atoms with van der Waals surface area (Å²) in [6, 6.07) is 8.07. The van der Waals surface area contributed by atoms with Crippen LogP contribution < -0.4 is 4.74 Å². The van der Waals surface area contributed by atoms with E-state index in [1.807, 2.05) is 24.3 Å². The number of ether oxygens (including phenoxy) is 1. The van der Waals surface area contributed by atoms with Crippen LogP contribution in [0.5, 0.6) is 5.75 Å². The molecule has 0 saturated carbocycles. The highest BCUT2D eigenvalue weighted by molar-refractivity contribution is 5.83. The smallest absolute Gasteiger partial charge is 0.119 e. The van der Waals surface area contributed by atoms with Gasteiger partial charge in [-0.25, -0.2) is 0 Å². The zero-order valence-corrected chi connectivity index (χ0v) is 14.5. The highest BCUT2D eigenvalue weighted by Gasteiger charge is 2.42. The zero-order chi connectivity index (χ0) is 16.7. The molecule has 2 unspecified atom stereocenters. The number of methoxy groups -OCH3 is 1. The van der Waals surface area contributed by atoms with Crippen LogP contribution in [0.4, 0.5) is 0 Å². The Labute approximate surface area is 143 Å². The van der Waals surface area contributed by atoms with Crippen LogP contribution in [0, 0.1) is 11.8 Å². The van der Waals surface area contributed by atoms with Gasteiger partial charge in [0, 0.05) is 24.2 Å². The Balaban J connectivity index is 1.68. The summed E-state index contributed by atoms with van der Waals surface area (Å²) in [7, 11) is 1.67. The topological polar surface area (TPSA) is 45.6 Å². The minimum atomic E-state index is -0.469. The van der Waals surface area contributed by atoms with Crippen molar-refractivity contribution in [2.24, 2.45) is 11.8 Å². The van der Waals surface area contributed by atoms with Crippen molar-refractivity contribution in [3.05, 3.63) is 36.0 Å². The minimum Gasteiger partial charge on any atom is -0.497 e. The van der Waals surface area contributed by atoms with Crippen LogP contribution in [0.25, 0.3) is 10.9 Å². The summed E-state index contributed by atoms with van der Waals surface area (Å²) in [6.45, 7) is 4.55. The normalized spacial score (nSPS) is 30.5. The van der Waals surface area contributed by atoms with Gasteiger partial charge in [-0.15, -0.1) is 0 Å². The number of benzene rings is 1. The average molecular weight is 326 g/mol. The summed E-state index contributed by atoms with van der Waals surface area (Å²) in [4.78, 5) is 6.94. The fourth-order valence-electron chi connectivity index (χ4n) is 4.71. The summed E-state index contributed by atoms with van der Waals surface area (Å²) in [5.74, 6) is 2.37. The third kappa shape index (κ3) is 2.58. The summed E-state index contributed by atoms with van der Waals surface area (Å²) < 4.78 is 5.36. The number of fused-ring (bicyclic) bond motifs is 4. The van der Waals surface area contributed by atoms with E-state index in [9.17, 15) is 5.11 Å². The third-order valence-electron chi connectivity index (χ3n) is 6.13. The van der Waals surface area contributed by atoms with Gasteiger partial charge in [0.15, 0.2) is 0 Å². The Hall–Kier alpha value is -1.65. The van der Waals surface area contributed by atoms with Gasteiger partial charge in [0.05, 0.1) is 18.7 Å². The number of rotatable bonds is 4. The summed E-state index contributed by atoms with van der Waals surface area (Å²) in [5.41, 5.74) is 1.89. The Bertz CT molecular complexity index is 733. The molecule has 1 aromatic heterocycles. The average Bonchev–Trinajstić information content (AvgIpc) is 2.66. The van der Waals surface area contributed by atoms with Gasteiger partial charge >= 0.3 is 0 Å². The highest BCUT2D eigenvalue weighted by atomic mass is 16.5. The molecule has 128 valence electrons. The molecule has 1 N–H and O–H groups in total. The lowest BCUT2D eigenvalue weighted by Crippen LogP contribution is -2.55. The first-order valence-electron chi connectivity index (χ1n) is 9.06. The zero-order valence-electron chi connectivity index (χ0n) is 14.5. The summed E-state index contributed by atoms with van der Waals surface area (Å²) >= 11 is 0. The third-order valence-corrected chi connectivity index (χ3v) is 6.13. The van der Waals surface area contributed by atoms with Gasteiger partial charge in [0.1, 0.15) is 5.75 Å². The Kier molecular flexibility index (Phi) is 4.19. The maximum Gasteiger partial charge on any atom is 0.119 e. The van der Waals surface area contributed by atoms with Gasteiger partial charge in [-0.2, -0.15) is 0 Å². The lowest BCUT2D eigenvalue weighted by atomic mass is 9.72. The number of aliphatic hydroxyl groups is 1. The molecule has 5 rings (SSSR count). The Morgan fingerprint density at radius 3 is 2.96 bits per heavy atom. The molecule has 3 fully saturated rings. The van der Waals surface area contributed by atoms with E-state index in [1.165, 1.54) is 12.8 Å². The van der Waals surface area contributed by atoms with Gasteiger partial charge in [-0.05, 0) is 61.1 Å². The number of hydrogen-bond acceptors (Lipinski definition) is 4. The number of aromatic nitrogens is 1. The molecule has 2 aromatic rings. The monoisotopic (exact) mass is 326 g/mol. The lowest BCUT2D eigenvalue weighted by Gasteiger charge is -2.51. The SMILES string of the molecule is CC[C@H]1CN2CCC1C[C@H]2[C@@H](O)c1ccnc2ccc(OC)cc12. The largest absolute Gasteiger partial charge is 0.497 e. The number of piperidine rings is 3. The molecular formula is C20H26N2O2. The summed E-state index contributed by atoms with van der Waals surface area (Å²) in [5, 5.41) is 12.2. The molecule has 3 aliphatic heterocycles. The lowest BCUT2D eigenvalue weighted by molar-refractivity contribution is -0.0562. The molecule has 4 nitrogen and oxygen atoms in total. The van der Waals surface area contributed by atoms with Crippen molar-refractivity contribution >= 4 is 10.9 Å². The highest BCUT2D eigenvalue weighted by Crippen LogP contribution is 2.42. The van der Waals surface area contributed by atoms with Crippen LogP contribution >= 0.6 is 0 Å². The molecule has 0 spiro atoms. The van der Waals surface area contributed by atoms with Gasteiger partial charge in [-0.1, -0.05) is 13.3 Å². The quantitative estimate of drug-likeness (QED) is 0.935. The van der Waals surface area contributed by atoms with E-state index in [2.05, 4.69) is 16.8 Å². The van der Waals surface area contributed by atoms with E-state index in [4.69, 9.17) is 4.74 Å². The minimum absolute atomic E-state index is 0.225. The second kappa shape index (κ2) is 6.34. The Morgan fingerprint density at radius 1 is 1.38 bits per heavy atom. The molecular weight excluding hydrogens is 300 g/mol. The fourth-order valence-corrected chi connectivity index (χ4v) is 4.71. The van der Waals surface area contributed by atoms with E-state index >= 15 is 0 Å². The molecule has 0 radical (unpaired) electrons. The van der Waals surface area contributed by atoms with Crippen molar-refractivity contribution < 1.29 is 9.84 Å². The van der Waals surface area contributed by atoms with Crippen LogP contribution in [-0.4, -0.2) is 41.2 Å². The standard InChI is InChI=1S/C20H26N2O2/c1-3-13-12-22-9-7-14(13)10-19(22)20(23)16-6-8-21-18-5-4-15(24-2)11-17(16)18/h4-6,8,11,13-14,19-20,23H,3,7,9-10,12H2,1-2H3/t13-,14?,19-,20-/m0/s1. The van der Waals surface area contributed by atoms with Crippen molar-refractivity contribution in [2.75, 3.05) is 20.2 Å². The molecule has 3 saturated heterocycles. The number of pyridine rings is 1. The van der Waals surface area contributed by atoms with Crippen molar-refractivity contribution in [3.63, 3.8) is 0 Å². The van der Waals surface area contributed by atoms with Crippen LogP contribution in [0.2, 0.25) is 0 Å². The first kappa shape index (κ1) is 15.9. The summed E-state index contributed by atoms with van der Waals surface area (Å²) in [6.07, 6.45) is 4.97. The first-order chi connectivity index (χ1) is 11.7. The molecule has 4 heteroatoms. The molecule has 4 heterocycles. The maximum absolute atomic E-state index is 11.2. The molecule has 3 aliphatic rings. The fraction of sp³-hybridized carbons (Fsp3) is 0.550. The molecule has 0 amide bonds. The van der Waals surface area contributed by atoms with Gasteiger partial charge < -0.3 is 9.84 Å². The second-order valence-corrected chi connectivity index (χ2v) is 7.24. The number of aliphatic hydroxyl groups excluding tert-OH is 1. The van der Waals surface area contributed by atoms with Crippen molar-refractivity contribution in [3.8, 4) is 5.75 Å². The van der Waals surface area contributed by atoms with Gasteiger partial charge in [0.2, 0.25) is 0 Å². The van der Waals surface area contributed by atoms with E-state index in [0.717, 1.165) is 53.6 Å². The second-order valence-electron chi connectivity index (χ2n) is 7.24. The van der Waals surface area contributed by atoms with Crippen molar-refractivity contribution in [1.29, 1.82) is 0 Å². The Morgan fingerprint density at radius 2 is 2.25 bits per heavy atom. The molecule has 5 atom stereocenters. The van der Waals surface area contributed by atoms with Crippen molar-refractivity contribution in [1.82, 2.24) is 9.88 Å². The van der Waals surface area contributed by atoms with Gasteiger partial charge in [0.25, 0.3) is 0 Å². The van der Waals surface area contributed by atoms with E-state index in [0.29, 0.717) is 0 Å².